The summed E-state index contributed by atoms with van der Waals surface area (Å²) in [5.74, 6) is 0.690. The van der Waals surface area contributed by atoms with Gasteiger partial charge < -0.3 is 10.2 Å². The number of rotatable bonds is 4. The Kier molecular flexibility index (Phi) is 5.92. The lowest BCUT2D eigenvalue weighted by molar-refractivity contribution is -0.124. The maximum atomic E-state index is 12.1. The molecule has 0 unspecified atom stereocenters. The number of urea groups is 1. The van der Waals surface area contributed by atoms with Gasteiger partial charge in [0.05, 0.1) is 6.04 Å². The molecule has 2 rings (SSSR count). The Balaban J connectivity index is 1.82. The maximum Gasteiger partial charge on any atom is 0.321 e. The average molecular weight is 319 g/mol. The van der Waals surface area contributed by atoms with Crippen molar-refractivity contribution in [3.05, 3.63) is 24.4 Å². The van der Waals surface area contributed by atoms with Crippen LogP contribution in [-0.4, -0.2) is 60.1 Å². The summed E-state index contributed by atoms with van der Waals surface area (Å²) in [5, 5.41) is 5.05. The molecule has 23 heavy (non-hydrogen) atoms. The molecule has 1 saturated heterocycles. The second-order valence-corrected chi connectivity index (χ2v) is 6.00. The first-order chi connectivity index (χ1) is 11.0. The van der Waals surface area contributed by atoms with Crippen molar-refractivity contribution in [2.45, 2.75) is 32.9 Å². The molecule has 126 valence electrons. The number of amides is 3. The SMILES string of the molecule is CC(C)NC(=O)NC(=O)[C@@H](C)N1CCN(c2ccccn2)CC1. The van der Waals surface area contributed by atoms with Gasteiger partial charge >= 0.3 is 6.03 Å². The van der Waals surface area contributed by atoms with Crippen molar-refractivity contribution in [1.82, 2.24) is 20.5 Å². The molecular weight excluding hydrogens is 294 g/mol. The number of hydrogen-bond donors (Lipinski definition) is 2. The zero-order valence-corrected chi connectivity index (χ0v) is 14.0. The largest absolute Gasteiger partial charge is 0.354 e. The van der Waals surface area contributed by atoms with Gasteiger partial charge in [0.1, 0.15) is 5.82 Å². The van der Waals surface area contributed by atoms with E-state index in [0.29, 0.717) is 0 Å². The van der Waals surface area contributed by atoms with E-state index in [4.69, 9.17) is 0 Å². The summed E-state index contributed by atoms with van der Waals surface area (Å²) in [5.41, 5.74) is 0. The second kappa shape index (κ2) is 7.92. The van der Waals surface area contributed by atoms with E-state index < -0.39 is 6.03 Å². The van der Waals surface area contributed by atoms with Crippen LogP contribution in [0.25, 0.3) is 0 Å². The average Bonchev–Trinajstić information content (AvgIpc) is 2.54. The molecule has 1 aliphatic rings. The van der Waals surface area contributed by atoms with E-state index in [1.165, 1.54) is 0 Å². The first-order valence-corrected chi connectivity index (χ1v) is 7.98. The highest BCUT2D eigenvalue weighted by molar-refractivity contribution is 5.96. The number of piperazine rings is 1. The molecule has 3 amide bonds. The Bertz CT molecular complexity index is 527. The molecule has 2 heterocycles. The van der Waals surface area contributed by atoms with Gasteiger partial charge in [0.15, 0.2) is 0 Å². The third-order valence-corrected chi connectivity index (χ3v) is 3.87. The molecule has 0 spiro atoms. The van der Waals surface area contributed by atoms with Crippen LogP contribution in [0.15, 0.2) is 24.4 Å². The van der Waals surface area contributed by atoms with Gasteiger partial charge in [-0.25, -0.2) is 9.78 Å². The predicted octanol–water partition coefficient (Wildman–Crippen LogP) is 0.826. The van der Waals surface area contributed by atoms with Crippen LogP contribution < -0.4 is 15.5 Å². The molecule has 1 aromatic rings. The molecule has 2 N–H and O–H groups in total. The van der Waals surface area contributed by atoms with Gasteiger partial charge in [-0.05, 0) is 32.9 Å². The molecule has 7 nitrogen and oxygen atoms in total. The highest BCUT2D eigenvalue weighted by Gasteiger charge is 2.26. The Morgan fingerprint density at radius 1 is 1.13 bits per heavy atom. The third-order valence-electron chi connectivity index (χ3n) is 3.87. The van der Waals surface area contributed by atoms with E-state index >= 15 is 0 Å². The van der Waals surface area contributed by atoms with Crippen molar-refractivity contribution >= 4 is 17.8 Å². The first kappa shape index (κ1) is 17.2. The fourth-order valence-corrected chi connectivity index (χ4v) is 2.56. The topological polar surface area (TPSA) is 77.6 Å². The van der Waals surface area contributed by atoms with Gasteiger partial charge in [-0.1, -0.05) is 6.07 Å². The molecule has 1 atom stereocenters. The minimum absolute atomic E-state index is 0.0000217. The van der Waals surface area contributed by atoms with E-state index in [1.54, 1.807) is 6.20 Å². The van der Waals surface area contributed by atoms with Crippen LogP contribution in [0.4, 0.5) is 10.6 Å². The lowest BCUT2D eigenvalue weighted by Gasteiger charge is -2.37. The highest BCUT2D eigenvalue weighted by atomic mass is 16.2. The van der Waals surface area contributed by atoms with E-state index in [-0.39, 0.29) is 18.0 Å². The second-order valence-electron chi connectivity index (χ2n) is 6.00. The number of nitrogens with zero attached hydrogens (tertiary/aromatic N) is 3. The number of carbonyl (C=O) groups is 2. The standard InChI is InChI=1S/C16H25N5O2/c1-12(2)18-16(23)19-15(22)13(3)20-8-10-21(11-9-20)14-6-4-5-7-17-14/h4-7,12-13H,8-11H2,1-3H3,(H2,18,19,22,23)/t13-/m1/s1. The van der Waals surface area contributed by atoms with Crippen LogP contribution in [-0.2, 0) is 4.79 Å². The first-order valence-electron chi connectivity index (χ1n) is 7.98. The lowest BCUT2D eigenvalue weighted by atomic mass is 10.2. The highest BCUT2D eigenvalue weighted by Crippen LogP contribution is 2.14. The summed E-state index contributed by atoms with van der Waals surface area (Å²) < 4.78 is 0. The summed E-state index contributed by atoms with van der Waals surface area (Å²) in [4.78, 5) is 32.4. The van der Waals surface area contributed by atoms with E-state index in [0.717, 1.165) is 32.0 Å². The van der Waals surface area contributed by atoms with Crippen LogP contribution in [0, 0.1) is 0 Å². The third kappa shape index (κ3) is 4.92. The quantitative estimate of drug-likeness (QED) is 0.859. The number of carbonyl (C=O) groups excluding carboxylic acids is 2. The van der Waals surface area contributed by atoms with Crippen LogP contribution >= 0.6 is 0 Å². The van der Waals surface area contributed by atoms with Crippen LogP contribution in [0.2, 0.25) is 0 Å². The Morgan fingerprint density at radius 2 is 1.83 bits per heavy atom. The van der Waals surface area contributed by atoms with Crippen molar-refractivity contribution in [1.29, 1.82) is 0 Å². The molecule has 0 aromatic carbocycles. The fourth-order valence-electron chi connectivity index (χ4n) is 2.56. The van der Waals surface area contributed by atoms with Crippen molar-refractivity contribution in [2.24, 2.45) is 0 Å². The minimum atomic E-state index is -0.441. The van der Waals surface area contributed by atoms with E-state index in [9.17, 15) is 9.59 Å². The molecule has 1 aromatic heterocycles. The summed E-state index contributed by atoms with van der Waals surface area (Å²) in [6.45, 7) is 8.68. The minimum Gasteiger partial charge on any atom is -0.354 e. The van der Waals surface area contributed by atoms with Gasteiger partial charge in [-0.3, -0.25) is 15.0 Å². The number of nitrogens with one attached hydrogen (secondary N) is 2. The number of pyridine rings is 1. The number of hydrogen-bond acceptors (Lipinski definition) is 5. The van der Waals surface area contributed by atoms with Crippen molar-refractivity contribution in [3.63, 3.8) is 0 Å². The van der Waals surface area contributed by atoms with Gasteiger partial charge in [0, 0.05) is 38.4 Å². The molecule has 1 aliphatic heterocycles. The van der Waals surface area contributed by atoms with Crippen molar-refractivity contribution in [2.75, 3.05) is 31.1 Å². The number of aromatic nitrogens is 1. The maximum absolute atomic E-state index is 12.1. The van der Waals surface area contributed by atoms with Gasteiger partial charge in [-0.2, -0.15) is 0 Å². The summed E-state index contributed by atoms with van der Waals surface area (Å²) >= 11 is 0. The Morgan fingerprint density at radius 3 is 2.39 bits per heavy atom. The smallest absolute Gasteiger partial charge is 0.321 e. The molecule has 7 heteroatoms. The zero-order valence-electron chi connectivity index (χ0n) is 14.0. The van der Waals surface area contributed by atoms with Crippen molar-refractivity contribution in [3.8, 4) is 0 Å². The summed E-state index contributed by atoms with van der Waals surface area (Å²) in [6, 6.07) is 5.08. The van der Waals surface area contributed by atoms with Crippen LogP contribution in [0.1, 0.15) is 20.8 Å². The molecule has 0 saturated carbocycles. The summed E-state index contributed by atoms with van der Waals surface area (Å²) in [6.07, 6.45) is 1.78. The van der Waals surface area contributed by atoms with Gasteiger partial charge in [-0.15, -0.1) is 0 Å². The van der Waals surface area contributed by atoms with Crippen LogP contribution in [0.3, 0.4) is 0 Å². The summed E-state index contributed by atoms with van der Waals surface area (Å²) in [7, 11) is 0. The van der Waals surface area contributed by atoms with Crippen molar-refractivity contribution < 1.29 is 9.59 Å². The Hall–Kier alpha value is -2.15. The zero-order chi connectivity index (χ0) is 16.8. The molecular formula is C16H25N5O2. The molecule has 0 aliphatic carbocycles. The van der Waals surface area contributed by atoms with Crippen LogP contribution in [0.5, 0.6) is 0 Å². The Labute approximate surface area is 137 Å². The molecule has 0 bridgehead atoms. The lowest BCUT2D eigenvalue weighted by Crippen LogP contribution is -2.56. The molecule has 1 fully saturated rings. The molecule has 0 radical (unpaired) electrons. The number of imide groups is 1. The normalized spacial score (nSPS) is 17.0. The number of anilines is 1. The van der Waals surface area contributed by atoms with Gasteiger partial charge in [0.2, 0.25) is 5.91 Å². The fraction of sp³-hybridized carbons (Fsp3) is 0.562. The predicted molar refractivity (Wildman–Crippen MR) is 89.3 cm³/mol. The van der Waals surface area contributed by atoms with Gasteiger partial charge in [0.25, 0.3) is 0 Å². The monoisotopic (exact) mass is 319 g/mol. The van der Waals surface area contributed by atoms with E-state index in [1.807, 2.05) is 39.0 Å². The van der Waals surface area contributed by atoms with E-state index in [2.05, 4.69) is 25.4 Å².